The fraction of sp³-hybridized carbons (Fsp3) is 0.412. The van der Waals surface area contributed by atoms with E-state index in [1.165, 1.54) is 4.90 Å². The van der Waals surface area contributed by atoms with E-state index in [1.54, 1.807) is 18.2 Å². The van der Waals surface area contributed by atoms with Crippen LogP contribution >= 0.6 is 35.0 Å². The minimum atomic E-state index is -0.262. The topological polar surface area (TPSA) is 46.6 Å². The molecule has 0 spiro atoms. The molecule has 0 saturated carbocycles. The summed E-state index contributed by atoms with van der Waals surface area (Å²) in [5.74, 6) is 0.160. The third-order valence-corrected chi connectivity index (χ3v) is 4.93. The van der Waals surface area contributed by atoms with Crippen LogP contribution in [0.5, 0.6) is 5.75 Å². The van der Waals surface area contributed by atoms with E-state index < -0.39 is 0 Å². The second-order valence-electron chi connectivity index (χ2n) is 5.29. The molecule has 2 amide bonds. The zero-order valence-electron chi connectivity index (χ0n) is 13.6. The van der Waals surface area contributed by atoms with Crippen LogP contribution in [0.4, 0.5) is 4.79 Å². The molecule has 0 aromatic heterocycles. The molecule has 7 heteroatoms. The number of carbonyl (C=O) groups is 2. The summed E-state index contributed by atoms with van der Waals surface area (Å²) in [6.45, 7) is 4.83. The Morgan fingerprint density at radius 3 is 2.42 bits per heavy atom. The van der Waals surface area contributed by atoms with Crippen molar-refractivity contribution in [3.63, 3.8) is 0 Å². The van der Waals surface area contributed by atoms with Crippen LogP contribution in [0.1, 0.15) is 38.7 Å². The van der Waals surface area contributed by atoms with Crippen LogP contribution in [0, 0.1) is 0 Å². The summed E-state index contributed by atoms with van der Waals surface area (Å²) in [5.41, 5.74) is 0.660. The smallest absolute Gasteiger partial charge is 0.293 e. The molecule has 1 aliphatic heterocycles. The maximum absolute atomic E-state index is 12.4. The van der Waals surface area contributed by atoms with Crippen LogP contribution in [0.2, 0.25) is 10.0 Å². The standard InChI is InChI=1S/C17H19Cl2NO3S/c1-3-5-6-7-20-16(21)14(24-17(20)22)10-11-8-12(18)15(23-4-2)13(19)9-11/h8-10H,3-7H2,1-2H3/b14-10-. The summed E-state index contributed by atoms with van der Waals surface area (Å²) in [6, 6.07) is 3.34. The number of carbonyl (C=O) groups excluding carboxylic acids is 2. The van der Waals surface area contributed by atoms with Gasteiger partial charge in [-0.1, -0.05) is 43.0 Å². The van der Waals surface area contributed by atoms with E-state index in [-0.39, 0.29) is 11.1 Å². The SMILES string of the molecule is CCCCCN1C(=O)S/C(=C\c2cc(Cl)c(OCC)c(Cl)c2)C1=O. The molecule has 1 fully saturated rings. The molecule has 1 aliphatic rings. The number of imide groups is 1. The number of rotatable bonds is 7. The van der Waals surface area contributed by atoms with E-state index in [4.69, 9.17) is 27.9 Å². The molecule has 1 aromatic rings. The molecular weight excluding hydrogens is 369 g/mol. The third kappa shape index (κ3) is 4.47. The molecule has 0 radical (unpaired) electrons. The average molecular weight is 388 g/mol. The van der Waals surface area contributed by atoms with Gasteiger partial charge in [-0.2, -0.15) is 0 Å². The summed E-state index contributed by atoms with van der Waals surface area (Å²) >= 11 is 13.3. The number of ether oxygens (including phenoxy) is 1. The van der Waals surface area contributed by atoms with E-state index in [9.17, 15) is 9.59 Å². The Morgan fingerprint density at radius 2 is 1.83 bits per heavy atom. The van der Waals surface area contributed by atoms with Crippen molar-refractivity contribution in [3.8, 4) is 5.75 Å². The Balaban J connectivity index is 2.19. The van der Waals surface area contributed by atoms with Gasteiger partial charge in [-0.05, 0) is 48.9 Å². The van der Waals surface area contributed by atoms with Gasteiger partial charge in [0, 0.05) is 6.54 Å². The predicted octanol–water partition coefficient (Wildman–Crippen LogP) is 5.62. The van der Waals surface area contributed by atoms with Crippen molar-refractivity contribution in [2.24, 2.45) is 0 Å². The molecule has 4 nitrogen and oxygen atoms in total. The van der Waals surface area contributed by atoms with Crippen molar-refractivity contribution in [1.29, 1.82) is 0 Å². The van der Waals surface area contributed by atoms with Crippen molar-refractivity contribution < 1.29 is 14.3 Å². The zero-order valence-corrected chi connectivity index (χ0v) is 15.9. The molecule has 1 aromatic carbocycles. The molecule has 0 unspecified atom stereocenters. The molecule has 0 bridgehead atoms. The lowest BCUT2D eigenvalue weighted by atomic mass is 10.2. The second-order valence-corrected chi connectivity index (χ2v) is 7.09. The Kier molecular flexibility index (Phi) is 7.02. The Labute approximate surface area is 156 Å². The highest BCUT2D eigenvalue weighted by Crippen LogP contribution is 2.37. The minimum Gasteiger partial charge on any atom is -0.491 e. The fourth-order valence-electron chi connectivity index (χ4n) is 2.31. The summed E-state index contributed by atoms with van der Waals surface area (Å²) in [5, 5.41) is 0.515. The lowest BCUT2D eigenvalue weighted by Gasteiger charge is -2.11. The summed E-state index contributed by atoms with van der Waals surface area (Å²) in [4.78, 5) is 26.1. The van der Waals surface area contributed by atoms with Crippen molar-refractivity contribution in [2.45, 2.75) is 33.1 Å². The lowest BCUT2D eigenvalue weighted by Crippen LogP contribution is -2.29. The number of hydrogen-bond acceptors (Lipinski definition) is 4. The third-order valence-electron chi connectivity index (χ3n) is 3.47. The van der Waals surface area contributed by atoms with E-state index in [0.717, 1.165) is 31.0 Å². The number of hydrogen-bond donors (Lipinski definition) is 0. The van der Waals surface area contributed by atoms with Crippen LogP contribution in [-0.2, 0) is 4.79 Å². The molecule has 1 heterocycles. The van der Waals surface area contributed by atoms with Gasteiger partial charge in [0.05, 0.1) is 21.6 Å². The molecule has 0 aliphatic carbocycles. The Morgan fingerprint density at radius 1 is 1.17 bits per heavy atom. The highest BCUT2D eigenvalue weighted by Gasteiger charge is 2.34. The number of benzene rings is 1. The quantitative estimate of drug-likeness (QED) is 0.449. The molecule has 0 N–H and O–H groups in total. The maximum Gasteiger partial charge on any atom is 0.293 e. The fourth-order valence-corrected chi connectivity index (χ4v) is 3.79. The van der Waals surface area contributed by atoms with E-state index in [1.807, 2.05) is 6.92 Å². The summed E-state index contributed by atoms with van der Waals surface area (Å²) in [7, 11) is 0. The van der Waals surface area contributed by atoms with Gasteiger partial charge < -0.3 is 4.74 Å². The van der Waals surface area contributed by atoms with E-state index >= 15 is 0 Å². The van der Waals surface area contributed by atoms with Crippen LogP contribution in [0.15, 0.2) is 17.0 Å². The lowest BCUT2D eigenvalue weighted by molar-refractivity contribution is -0.122. The number of halogens is 2. The first-order valence-electron chi connectivity index (χ1n) is 7.85. The highest BCUT2D eigenvalue weighted by molar-refractivity contribution is 8.18. The maximum atomic E-state index is 12.4. The zero-order chi connectivity index (χ0) is 17.7. The monoisotopic (exact) mass is 387 g/mol. The largest absolute Gasteiger partial charge is 0.491 e. The van der Waals surface area contributed by atoms with Crippen molar-refractivity contribution in [1.82, 2.24) is 4.90 Å². The Hall–Kier alpha value is -1.17. The first-order valence-corrected chi connectivity index (χ1v) is 9.42. The number of thioether (sulfide) groups is 1. The average Bonchev–Trinajstić information content (AvgIpc) is 2.78. The van der Waals surface area contributed by atoms with Gasteiger partial charge in [-0.15, -0.1) is 0 Å². The second kappa shape index (κ2) is 8.79. The summed E-state index contributed by atoms with van der Waals surface area (Å²) in [6.07, 6.45) is 4.49. The number of amides is 2. The van der Waals surface area contributed by atoms with Crippen LogP contribution in [0.3, 0.4) is 0 Å². The van der Waals surface area contributed by atoms with E-state index in [2.05, 4.69) is 6.92 Å². The molecule has 0 atom stereocenters. The number of unbranched alkanes of at least 4 members (excludes halogenated alkanes) is 2. The molecule has 130 valence electrons. The molecule has 2 rings (SSSR count). The molecule has 1 saturated heterocycles. The van der Waals surface area contributed by atoms with Gasteiger partial charge in [-0.3, -0.25) is 14.5 Å². The number of nitrogens with zero attached hydrogens (tertiary/aromatic N) is 1. The van der Waals surface area contributed by atoms with Gasteiger partial charge in [-0.25, -0.2) is 0 Å². The molecular formula is C17H19Cl2NO3S. The van der Waals surface area contributed by atoms with E-state index in [0.29, 0.717) is 39.4 Å². The van der Waals surface area contributed by atoms with Crippen molar-refractivity contribution >= 4 is 52.2 Å². The first kappa shape index (κ1) is 19.2. The minimum absolute atomic E-state index is 0.231. The molecule has 24 heavy (non-hydrogen) atoms. The van der Waals surface area contributed by atoms with Gasteiger partial charge in [0.1, 0.15) is 0 Å². The summed E-state index contributed by atoms with van der Waals surface area (Å²) < 4.78 is 5.38. The predicted molar refractivity (Wildman–Crippen MR) is 99.8 cm³/mol. The first-order chi connectivity index (χ1) is 11.5. The van der Waals surface area contributed by atoms with Crippen LogP contribution < -0.4 is 4.74 Å². The normalized spacial score (nSPS) is 16.3. The van der Waals surface area contributed by atoms with Crippen molar-refractivity contribution in [2.75, 3.05) is 13.2 Å². The van der Waals surface area contributed by atoms with Gasteiger partial charge in [0.2, 0.25) is 0 Å². The van der Waals surface area contributed by atoms with Crippen molar-refractivity contribution in [3.05, 3.63) is 32.6 Å². The van der Waals surface area contributed by atoms with Crippen LogP contribution in [-0.4, -0.2) is 29.2 Å². The highest BCUT2D eigenvalue weighted by atomic mass is 35.5. The van der Waals surface area contributed by atoms with Crippen LogP contribution in [0.25, 0.3) is 6.08 Å². The van der Waals surface area contributed by atoms with Gasteiger partial charge in [0.15, 0.2) is 5.75 Å². The van der Waals surface area contributed by atoms with Gasteiger partial charge >= 0.3 is 0 Å². The van der Waals surface area contributed by atoms with Gasteiger partial charge in [0.25, 0.3) is 11.1 Å². The Bertz CT molecular complexity index is 653.